The first-order valence-electron chi connectivity index (χ1n) is 8.36. The molecule has 3 aromatic rings. The van der Waals surface area contributed by atoms with Gasteiger partial charge in [0.05, 0.1) is 29.5 Å². The summed E-state index contributed by atoms with van der Waals surface area (Å²) in [4.78, 5) is 22.9. The van der Waals surface area contributed by atoms with Crippen molar-refractivity contribution in [3.63, 3.8) is 0 Å². The minimum absolute atomic E-state index is 0.137. The van der Waals surface area contributed by atoms with Crippen molar-refractivity contribution in [1.82, 2.24) is 9.36 Å². The Hall–Kier alpha value is -3.60. The molecular weight excluding hydrogens is 400 g/mol. The normalized spacial score (nSPS) is 11.3. The topological polar surface area (TPSA) is 125 Å². The number of nitrogens with one attached hydrogen (secondary N) is 1. The van der Waals surface area contributed by atoms with Crippen LogP contribution in [0.15, 0.2) is 58.2 Å². The molecule has 0 amide bonds. The number of ether oxygens (including phenoxy) is 1. The maximum Gasteiger partial charge on any atom is 0.296 e. The van der Waals surface area contributed by atoms with Crippen molar-refractivity contribution in [2.75, 3.05) is 11.8 Å². The van der Waals surface area contributed by atoms with E-state index in [0.717, 1.165) is 12.1 Å². The summed E-state index contributed by atoms with van der Waals surface area (Å²) >= 11 is 0. The molecule has 0 aliphatic rings. The summed E-state index contributed by atoms with van der Waals surface area (Å²) in [5.74, 6) is 0.137. The molecule has 1 heterocycles. The summed E-state index contributed by atoms with van der Waals surface area (Å²) in [6.45, 7) is 1.57. The van der Waals surface area contributed by atoms with Gasteiger partial charge in [0.2, 0.25) is 0 Å². The van der Waals surface area contributed by atoms with Crippen LogP contribution in [0.2, 0.25) is 0 Å². The number of hydrogen-bond donors (Lipinski definition) is 1. The Morgan fingerprint density at radius 3 is 2.38 bits per heavy atom. The molecule has 2 aromatic carbocycles. The Labute approximate surface area is 166 Å². The molecule has 0 aliphatic heterocycles. The van der Waals surface area contributed by atoms with Gasteiger partial charge in [0.25, 0.3) is 21.3 Å². The predicted octanol–water partition coefficient (Wildman–Crippen LogP) is 2.20. The molecule has 0 saturated heterocycles. The van der Waals surface area contributed by atoms with E-state index in [1.807, 2.05) is 0 Å². The van der Waals surface area contributed by atoms with E-state index in [4.69, 9.17) is 4.74 Å². The first kappa shape index (κ1) is 20.1. The number of anilines is 1. The van der Waals surface area contributed by atoms with E-state index in [2.05, 4.69) is 4.72 Å². The van der Waals surface area contributed by atoms with Crippen LogP contribution in [0.4, 0.5) is 11.4 Å². The van der Waals surface area contributed by atoms with Gasteiger partial charge in [-0.05, 0) is 31.2 Å². The maximum atomic E-state index is 12.9. The number of hydrogen-bond acceptors (Lipinski definition) is 6. The van der Waals surface area contributed by atoms with Crippen molar-refractivity contribution >= 4 is 21.4 Å². The van der Waals surface area contributed by atoms with E-state index in [1.165, 1.54) is 22.5 Å². The predicted molar refractivity (Wildman–Crippen MR) is 106 cm³/mol. The summed E-state index contributed by atoms with van der Waals surface area (Å²) in [6, 6.07) is 12.0. The molecule has 10 nitrogen and oxygen atoms in total. The van der Waals surface area contributed by atoms with Gasteiger partial charge in [-0.15, -0.1) is 0 Å². The van der Waals surface area contributed by atoms with Crippen LogP contribution in [-0.2, 0) is 17.1 Å². The fourth-order valence-corrected chi connectivity index (χ4v) is 4.14. The van der Waals surface area contributed by atoms with Crippen molar-refractivity contribution in [1.29, 1.82) is 0 Å². The molecule has 0 fully saturated rings. The Kier molecular flexibility index (Phi) is 5.16. The van der Waals surface area contributed by atoms with E-state index < -0.39 is 31.1 Å². The summed E-state index contributed by atoms with van der Waals surface area (Å²) in [7, 11) is -1.50. The van der Waals surface area contributed by atoms with Gasteiger partial charge >= 0.3 is 0 Å². The third-order valence-electron chi connectivity index (χ3n) is 4.44. The molecule has 1 N–H and O–H groups in total. The summed E-state index contributed by atoms with van der Waals surface area (Å²) < 4.78 is 35.7. The zero-order valence-corrected chi connectivity index (χ0v) is 16.6. The minimum Gasteiger partial charge on any atom is -0.497 e. The van der Waals surface area contributed by atoms with E-state index in [1.54, 1.807) is 44.3 Å². The van der Waals surface area contributed by atoms with Gasteiger partial charge in [-0.1, -0.05) is 18.2 Å². The lowest BCUT2D eigenvalue weighted by molar-refractivity contribution is -0.387. The highest BCUT2D eigenvalue weighted by atomic mass is 32.2. The highest BCUT2D eigenvalue weighted by Crippen LogP contribution is 2.30. The van der Waals surface area contributed by atoms with Crippen LogP contribution >= 0.6 is 0 Å². The van der Waals surface area contributed by atoms with Gasteiger partial charge in [0.15, 0.2) is 4.90 Å². The van der Waals surface area contributed by atoms with Gasteiger partial charge in [-0.25, -0.2) is 13.1 Å². The summed E-state index contributed by atoms with van der Waals surface area (Å²) in [5.41, 5.74) is -0.561. The fourth-order valence-electron chi connectivity index (χ4n) is 2.87. The maximum absolute atomic E-state index is 12.9. The van der Waals surface area contributed by atoms with Crippen LogP contribution in [0, 0.1) is 17.0 Å². The molecule has 0 saturated carbocycles. The number of nitrogens with zero attached hydrogens (tertiary/aromatic N) is 3. The van der Waals surface area contributed by atoms with Gasteiger partial charge in [0.1, 0.15) is 11.4 Å². The monoisotopic (exact) mass is 418 g/mol. The molecule has 0 atom stereocenters. The molecular formula is C18H18N4O6S. The number of nitro benzene ring substituents is 1. The first-order valence-corrected chi connectivity index (χ1v) is 9.85. The third-order valence-corrected chi connectivity index (χ3v) is 5.84. The lowest BCUT2D eigenvalue weighted by atomic mass is 10.3. The molecule has 0 bridgehead atoms. The van der Waals surface area contributed by atoms with Crippen molar-refractivity contribution in [2.45, 2.75) is 11.8 Å². The molecule has 1 aromatic heterocycles. The minimum atomic E-state index is -4.42. The van der Waals surface area contributed by atoms with Crippen LogP contribution in [0.3, 0.4) is 0 Å². The Morgan fingerprint density at radius 1 is 1.14 bits per heavy atom. The van der Waals surface area contributed by atoms with E-state index in [0.29, 0.717) is 11.4 Å². The van der Waals surface area contributed by atoms with Crippen molar-refractivity contribution < 1.29 is 18.1 Å². The Bertz CT molecular complexity index is 1250. The van der Waals surface area contributed by atoms with Gasteiger partial charge in [-0.2, -0.15) is 0 Å². The van der Waals surface area contributed by atoms with Crippen LogP contribution in [-0.4, -0.2) is 29.8 Å². The number of benzene rings is 2. The van der Waals surface area contributed by atoms with Crippen molar-refractivity contribution in [2.24, 2.45) is 7.05 Å². The Balaban J connectivity index is 2.12. The number of para-hydroxylation sites is 1. The average molecular weight is 418 g/mol. The first-order chi connectivity index (χ1) is 13.7. The van der Waals surface area contributed by atoms with E-state index in [9.17, 15) is 23.3 Å². The quantitative estimate of drug-likeness (QED) is 0.483. The van der Waals surface area contributed by atoms with E-state index in [-0.39, 0.29) is 11.4 Å². The fraction of sp³-hybridized carbons (Fsp3) is 0.167. The molecule has 0 aliphatic carbocycles. The zero-order valence-electron chi connectivity index (χ0n) is 15.8. The zero-order chi connectivity index (χ0) is 21.3. The average Bonchev–Trinajstić information content (AvgIpc) is 2.91. The molecule has 11 heteroatoms. The molecule has 0 unspecified atom stereocenters. The van der Waals surface area contributed by atoms with E-state index >= 15 is 0 Å². The second-order valence-electron chi connectivity index (χ2n) is 6.13. The standard InChI is InChI=1S/C18H18N4O6S/c1-12-17(18(23)21(20(12)2)13-7-5-4-6-8-13)19-29(26,27)16-10-9-14(28-3)11-15(16)22(24)25/h4-11,19H,1-3H3. The van der Waals surface area contributed by atoms with Crippen molar-refractivity contribution in [3.8, 4) is 11.4 Å². The van der Waals surface area contributed by atoms with Crippen molar-refractivity contribution in [3.05, 3.63) is 74.7 Å². The van der Waals surface area contributed by atoms with Crippen LogP contribution in [0.1, 0.15) is 5.69 Å². The molecule has 3 rings (SSSR count). The summed E-state index contributed by atoms with van der Waals surface area (Å²) in [6.07, 6.45) is 0. The highest BCUT2D eigenvalue weighted by molar-refractivity contribution is 7.92. The number of methoxy groups -OCH3 is 1. The van der Waals surface area contributed by atoms with Crippen LogP contribution in [0.5, 0.6) is 5.75 Å². The molecule has 0 spiro atoms. The van der Waals surface area contributed by atoms with Gasteiger partial charge in [0, 0.05) is 7.05 Å². The third kappa shape index (κ3) is 3.59. The number of aromatic nitrogens is 2. The molecule has 0 radical (unpaired) electrons. The highest BCUT2D eigenvalue weighted by Gasteiger charge is 2.29. The van der Waals surface area contributed by atoms with Crippen LogP contribution < -0.4 is 15.0 Å². The number of rotatable bonds is 6. The van der Waals surface area contributed by atoms with Crippen LogP contribution in [0.25, 0.3) is 5.69 Å². The summed E-state index contributed by atoms with van der Waals surface area (Å²) in [5, 5.41) is 11.4. The molecule has 152 valence electrons. The molecule has 29 heavy (non-hydrogen) atoms. The second kappa shape index (κ2) is 7.43. The smallest absolute Gasteiger partial charge is 0.296 e. The second-order valence-corrected chi connectivity index (χ2v) is 7.78. The number of nitro groups is 1. The Morgan fingerprint density at radius 2 is 1.79 bits per heavy atom. The lowest BCUT2D eigenvalue weighted by Gasteiger charge is -2.08. The van der Waals surface area contributed by atoms with Gasteiger partial charge < -0.3 is 4.74 Å². The SMILES string of the molecule is COc1ccc(S(=O)(=O)Nc2c(C)n(C)n(-c3ccccc3)c2=O)c([N+](=O)[O-])c1. The lowest BCUT2D eigenvalue weighted by Crippen LogP contribution is -2.23. The number of sulfonamides is 1. The largest absolute Gasteiger partial charge is 0.497 e. The van der Waals surface area contributed by atoms with Gasteiger partial charge in [-0.3, -0.25) is 24.3 Å².